The summed E-state index contributed by atoms with van der Waals surface area (Å²) in [5.41, 5.74) is 0. The van der Waals surface area contributed by atoms with Crippen molar-refractivity contribution in [2.45, 2.75) is 72.4 Å². The summed E-state index contributed by atoms with van der Waals surface area (Å²) in [5, 5.41) is 3.60. The Kier molecular flexibility index (Phi) is 7.38. The van der Waals surface area contributed by atoms with Crippen molar-refractivity contribution >= 4 is 0 Å². The van der Waals surface area contributed by atoms with Crippen molar-refractivity contribution in [1.29, 1.82) is 0 Å². The second kappa shape index (κ2) is 8.26. The summed E-state index contributed by atoms with van der Waals surface area (Å²) in [5.74, 6) is 2.42. The summed E-state index contributed by atoms with van der Waals surface area (Å²) < 4.78 is 0. The van der Waals surface area contributed by atoms with Crippen molar-refractivity contribution in [3.63, 3.8) is 0 Å². The van der Waals surface area contributed by atoms with Crippen molar-refractivity contribution in [1.82, 2.24) is 10.2 Å². The highest BCUT2D eigenvalue weighted by atomic mass is 15.2. The fourth-order valence-electron chi connectivity index (χ4n) is 3.15. The molecule has 2 unspecified atom stereocenters. The smallest absolute Gasteiger partial charge is 0.0105 e. The van der Waals surface area contributed by atoms with E-state index in [1.165, 1.54) is 25.7 Å². The van der Waals surface area contributed by atoms with Gasteiger partial charge in [0.15, 0.2) is 0 Å². The van der Waals surface area contributed by atoms with Gasteiger partial charge in [-0.15, -0.1) is 0 Å². The van der Waals surface area contributed by atoms with E-state index in [4.69, 9.17) is 0 Å². The lowest BCUT2D eigenvalue weighted by Gasteiger charge is -2.39. The number of nitrogens with one attached hydrogen (secondary N) is 1. The molecule has 2 heteroatoms. The van der Waals surface area contributed by atoms with Crippen LogP contribution in [0.15, 0.2) is 0 Å². The van der Waals surface area contributed by atoms with E-state index in [9.17, 15) is 0 Å². The second-order valence-corrected chi connectivity index (χ2v) is 7.35. The van der Waals surface area contributed by atoms with Gasteiger partial charge in [-0.25, -0.2) is 0 Å². The highest BCUT2D eigenvalue weighted by Gasteiger charge is 2.26. The summed E-state index contributed by atoms with van der Waals surface area (Å²) in [6, 6.07) is 1.50. The van der Waals surface area contributed by atoms with Crippen LogP contribution >= 0.6 is 0 Å². The molecule has 0 aromatic rings. The first kappa shape index (κ1) is 17.0. The van der Waals surface area contributed by atoms with E-state index in [2.05, 4.69) is 51.9 Å². The summed E-state index contributed by atoms with van der Waals surface area (Å²) in [7, 11) is 2.34. The van der Waals surface area contributed by atoms with Crippen LogP contribution in [-0.2, 0) is 0 Å². The normalized spacial score (nSPS) is 27.8. The summed E-state index contributed by atoms with van der Waals surface area (Å²) >= 11 is 0. The molecule has 1 aliphatic rings. The minimum Gasteiger partial charge on any atom is -0.316 e. The van der Waals surface area contributed by atoms with E-state index in [1.807, 2.05) is 0 Å². The first-order valence-electron chi connectivity index (χ1n) is 8.34. The van der Waals surface area contributed by atoms with Gasteiger partial charge < -0.3 is 10.2 Å². The maximum Gasteiger partial charge on any atom is 0.0105 e. The molecule has 0 aliphatic heterocycles. The van der Waals surface area contributed by atoms with Gasteiger partial charge in [-0.1, -0.05) is 27.7 Å². The zero-order valence-electron chi connectivity index (χ0n) is 14.1. The fraction of sp³-hybridized carbons (Fsp3) is 1.00. The van der Waals surface area contributed by atoms with Crippen LogP contribution in [-0.4, -0.2) is 37.1 Å². The number of hydrogen-bond donors (Lipinski definition) is 1. The van der Waals surface area contributed by atoms with E-state index >= 15 is 0 Å². The van der Waals surface area contributed by atoms with Gasteiger partial charge in [0.25, 0.3) is 0 Å². The third-order valence-electron chi connectivity index (χ3n) is 5.05. The maximum absolute atomic E-state index is 3.60. The number of rotatable bonds is 7. The number of nitrogens with zero attached hydrogens (tertiary/aromatic N) is 1. The molecule has 19 heavy (non-hydrogen) atoms. The Bertz CT molecular complexity index is 231. The largest absolute Gasteiger partial charge is 0.316 e. The third kappa shape index (κ3) is 5.83. The van der Waals surface area contributed by atoms with E-state index < -0.39 is 0 Å². The molecule has 1 saturated carbocycles. The zero-order valence-corrected chi connectivity index (χ0v) is 14.1. The van der Waals surface area contributed by atoms with Gasteiger partial charge in [-0.05, 0) is 70.5 Å². The number of hydrogen-bond acceptors (Lipinski definition) is 2. The van der Waals surface area contributed by atoms with Crippen molar-refractivity contribution in [2.24, 2.45) is 17.8 Å². The van der Waals surface area contributed by atoms with Crippen LogP contribution < -0.4 is 5.32 Å². The van der Waals surface area contributed by atoms with Crippen LogP contribution in [0.1, 0.15) is 60.3 Å². The Morgan fingerprint density at radius 3 is 2.11 bits per heavy atom. The van der Waals surface area contributed by atoms with Crippen LogP contribution in [0, 0.1) is 17.8 Å². The lowest BCUT2D eigenvalue weighted by Crippen LogP contribution is -2.45. The molecule has 0 aromatic heterocycles. The molecule has 2 nitrogen and oxygen atoms in total. The molecule has 0 aromatic carbocycles. The summed E-state index contributed by atoms with van der Waals surface area (Å²) in [4.78, 5) is 2.65. The standard InChI is InChI=1S/C17H36N2/c1-13(2)11-18-12-15(4)16(5)19(6)17-9-7-14(3)8-10-17/h13-18H,7-12H2,1-6H3. The Morgan fingerprint density at radius 1 is 1.00 bits per heavy atom. The highest BCUT2D eigenvalue weighted by Crippen LogP contribution is 2.28. The Hall–Kier alpha value is -0.0800. The van der Waals surface area contributed by atoms with Crippen LogP contribution in [0.3, 0.4) is 0 Å². The predicted octanol–water partition coefficient (Wildman–Crippen LogP) is 3.77. The van der Waals surface area contributed by atoms with Gasteiger partial charge in [0.05, 0.1) is 0 Å². The maximum atomic E-state index is 3.60. The molecule has 0 heterocycles. The van der Waals surface area contributed by atoms with E-state index in [0.29, 0.717) is 6.04 Å². The van der Waals surface area contributed by atoms with Crippen LogP contribution in [0.4, 0.5) is 0 Å². The third-order valence-corrected chi connectivity index (χ3v) is 5.05. The SMILES string of the molecule is CC(C)CNCC(C)C(C)N(C)C1CCC(C)CC1. The van der Waals surface area contributed by atoms with Crippen LogP contribution in [0.25, 0.3) is 0 Å². The molecule has 0 saturated heterocycles. The topological polar surface area (TPSA) is 15.3 Å². The van der Waals surface area contributed by atoms with Gasteiger partial charge in [0.2, 0.25) is 0 Å². The summed E-state index contributed by atoms with van der Waals surface area (Å²) in [6.07, 6.45) is 5.63. The highest BCUT2D eigenvalue weighted by molar-refractivity contribution is 4.82. The average molecular weight is 268 g/mol. The van der Waals surface area contributed by atoms with Crippen molar-refractivity contribution in [3.8, 4) is 0 Å². The quantitative estimate of drug-likeness (QED) is 0.756. The van der Waals surface area contributed by atoms with Gasteiger partial charge >= 0.3 is 0 Å². The first-order chi connectivity index (χ1) is 8.91. The van der Waals surface area contributed by atoms with Gasteiger partial charge in [-0.3, -0.25) is 0 Å². The molecule has 2 atom stereocenters. The zero-order chi connectivity index (χ0) is 14.4. The molecule has 0 spiro atoms. The van der Waals surface area contributed by atoms with Crippen molar-refractivity contribution in [2.75, 3.05) is 20.1 Å². The molecular formula is C17H36N2. The molecule has 1 rings (SSSR count). The predicted molar refractivity (Wildman–Crippen MR) is 85.5 cm³/mol. The molecule has 1 N–H and O–H groups in total. The summed E-state index contributed by atoms with van der Waals surface area (Å²) in [6.45, 7) is 14.0. The Morgan fingerprint density at radius 2 is 1.58 bits per heavy atom. The van der Waals surface area contributed by atoms with Crippen LogP contribution in [0.5, 0.6) is 0 Å². The molecule has 0 radical (unpaired) electrons. The second-order valence-electron chi connectivity index (χ2n) is 7.35. The van der Waals surface area contributed by atoms with Gasteiger partial charge in [-0.2, -0.15) is 0 Å². The minimum atomic E-state index is 0.679. The fourth-order valence-corrected chi connectivity index (χ4v) is 3.15. The van der Waals surface area contributed by atoms with Gasteiger partial charge in [0, 0.05) is 12.1 Å². The lowest BCUT2D eigenvalue weighted by molar-refractivity contribution is 0.102. The molecule has 0 bridgehead atoms. The molecular weight excluding hydrogens is 232 g/mol. The van der Waals surface area contributed by atoms with Gasteiger partial charge in [0.1, 0.15) is 0 Å². The molecule has 0 amide bonds. The molecule has 114 valence electrons. The molecule has 1 aliphatic carbocycles. The van der Waals surface area contributed by atoms with E-state index in [-0.39, 0.29) is 0 Å². The minimum absolute atomic E-state index is 0.679. The Balaban J connectivity index is 2.32. The van der Waals surface area contributed by atoms with E-state index in [0.717, 1.165) is 36.9 Å². The lowest BCUT2D eigenvalue weighted by atomic mass is 9.85. The van der Waals surface area contributed by atoms with E-state index in [1.54, 1.807) is 0 Å². The van der Waals surface area contributed by atoms with Crippen LogP contribution in [0.2, 0.25) is 0 Å². The van der Waals surface area contributed by atoms with Crippen molar-refractivity contribution < 1.29 is 0 Å². The average Bonchev–Trinajstić information content (AvgIpc) is 2.37. The Labute approximate surface area is 121 Å². The molecule has 1 fully saturated rings. The first-order valence-corrected chi connectivity index (χ1v) is 8.34. The van der Waals surface area contributed by atoms with Crippen molar-refractivity contribution in [3.05, 3.63) is 0 Å². The monoisotopic (exact) mass is 268 g/mol.